The average Bonchev–Trinajstić information content (AvgIpc) is 3.18. The Balaban J connectivity index is 1.80. The third kappa shape index (κ3) is 4.04. The minimum atomic E-state index is -0.757. The van der Waals surface area contributed by atoms with Crippen LogP contribution < -0.4 is 0 Å². The van der Waals surface area contributed by atoms with E-state index < -0.39 is 10.8 Å². The lowest BCUT2D eigenvalue weighted by molar-refractivity contribution is -0.141. The van der Waals surface area contributed by atoms with Crippen molar-refractivity contribution in [2.45, 2.75) is 63.5 Å². The van der Waals surface area contributed by atoms with Crippen LogP contribution in [0.1, 0.15) is 58.3 Å². The summed E-state index contributed by atoms with van der Waals surface area (Å²) in [5.41, 5.74) is 0.0135. The minimum absolute atomic E-state index is 0.0135. The molecule has 0 aromatic heterocycles. The normalized spacial score (nSPS) is 30.6. The van der Waals surface area contributed by atoms with Crippen molar-refractivity contribution < 1.29 is 13.7 Å². The van der Waals surface area contributed by atoms with Crippen LogP contribution in [0.4, 0.5) is 0 Å². The molecular formula is C15H26O3S. The van der Waals surface area contributed by atoms with Gasteiger partial charge in [-0.3, -0.25) is 9.00 Å². The number of carbonyl (C=O) groups excluding carboxylic acids is 1. The highest BCUT2D eigenvalue weighted by Crippen LogP contribution is 2.50. The van der Waals surface area contributed by atoms with Crippen molar-refractivity contribution in [2.24, 2.45) is 11.3 Å². The van der Waals surface area contributed by atoms with E-state index in [0.29, 0.717) is 17.4 Å². The van der Waals surface area contributed by atoms with Gasteiger partial charge in [0.05, 0.1) is 13.5 Å². The van der Waals surface area contributed by atoms with Crippen molar-refractivity contribution in [3.05, 3.63) is 0 Å². The van der Waals surface area contributed by atoms with Gasteiger partial charge in [-0.05, 0) is 49.9 Å². The Morgan fingerprint density at radius 1 is 1.26 bits per heavy atom. The second kappa shape index (κ2) is 6.38. The summed E-state index contributed by atoms with van der Waals surface area (Å²) in [4.78, 5) is 11.4. The Kier molecular flexibility index (Phi) is 5.04. The summed E-state index contributed by atoms with van der Waals surface area (Å²) in [6.45, 7) is 2.25. The summed E-state index contributed by atoms with van der Waals surface area (Å²) in [5.74, 6) is 1.41. The maximum Gasteiger partial charge on any atom is 0.306 e. The van der Waals surface area contributed by atoms with Gasteiger partial charge in [0, 0.05) is 21.8 Å². The zero-order valence-corrected chi connectivity index (χ0v) is 13.0. The Morgan fingerprint density at radius 3 is 2.37 bits per heavy atom. The molecule has 0 aromatic rings. The molecule has 2 fully saturated rings. The van der Waals surface area contributed by atoms with Crippen LogP contribution in [0.3, 0.4) is 0 Å². The highest BCUT2D eigenvalue weighted by atomic mass is 32.2. The van der Waals surface area contributed by atoms with Gasteiger partial charge in [0.1, 0.15) is 0 Å². The van der Waals surface area contributed by atoms with Crippen molar-refractivity contribution in [1.29, 1.82) is 0 Å². The van der Waals surface area contributed by atoms with E-state index in [1.54, 1.807) is 0 Å². The second-order valence-electron chi connectivity index (χ2n) is 6.33. The number of hydrogen-bond donors (Lipinski definition) is 0. The Labute approximate surface area is 118 Å². The summed E-state index contributed by atoms with van der Waals surface area (Å²) in [5, 5.41) is 0.373. The second-order valence-corrected chi connectivity index (χ2v) is 8.05. The van der Waals surface area contributed by atoms with Crippen LogP contribution in [0.5, 0.6) is 0 Å². The molecule has 0 bridgehead atoms. The van der Waals surface area contributed by atoms with E-state index in [0.717, 1.165) is 31.6 Å². The maximum atomic E-state index is 12.5. The summed E-state index contributed by atoms with van der Waals surface area (Å²) in [7, 11) is 0.675. The van der Waals surface area contributed by atoms with E-state index in [2.05, 4.69) is 6.92 Å². The number of methoxy groups -OCH3 is 1. The van der Waals surface area contributed by atoms with Crippen LogP contribution in [-0.2, 0) is 20.3 Å². The molecule has 2 saturated carbocycles. The first-order valence-electron chi connectivity index (χ1n) is 7.52. The molecule has 1 unspecified atom stereocenters. The molecule has 0 spiro atoms. The molecule has 4 heteroatoms. The number of carbonyl (C=O) groups is 1. The number of ether oxygens (including phenoxy) is 1. The number of esters is 1. The van der Waals surface area contributed by atoms with E-state index in [1.165, 1.54) is 26.4 Å². The molecule has 1 atom stereocenters. The van der Waals surface area contributed by atoms with E-state index in [9.17, 15) is 9.00 Å². The van der Waals surface area contributed by atoms with Crippen LogP contribution in [0.25, 0.3) is 0 Å². The van der Waals surface area contributed by atoms with Crippen molar-refractivity contribution in [2.75, 3.05) is 12.9 Å². The Bertz CT molecular complexity index is 341. The van der Waals surface area contributed by atoms with Crippen molar-refractivity contribution >= 4 is 16.8 Å². The first-order chi connectivity index (χ1) is 9.08. The zero-order chi connectivity index (χ0) is 13.9. The van der Waals surface area contributed by atoms with E-state index in [-0.39, 0.29) is 11.4 Å². The molecule has 3 nitrogen and oxygen atoms in total. The number of rotatable bonds is 6. The zero-order valence-electron chi connectivity index (χ0n) is 12.2. The van der Waals surface area contributed by atoms with Gasteiger partial charge in [-0.15, -0.1) is 0 Å². The lowest BCUT2D eigenvalue weighted by Gasteiger charge is -2.28. The first-order valence-corrected chi connectivity index (χ1v) is 8.91. The van der Waals surface area contributed by atoms with Crippen LogP contribution >= 0.6 is 0 Å². The monoisotopic (exact) mass is 286 g/mol. The molecule has 0 aromatic carbocycles. The lowest BCUT2D eigenvalue weighted by atomic mass is 9.87. The first kappa shape index (κ1) is 15.0. The standard InChI is InChI=1S/C15H26O3S/c1-3-12-4-6-13(7-5-12)19(17)11-15(8-9-15)10-14(16)18-2/h12-13H,3-11H2,1-2H3. The average molecular weight is 286 g/mol. The molecule has 0 saturated heterocycles. The van der Waals surface area contributed by atoms with Gasteiger partial charge < -0.3 is 4.74 Å². The molecule has 0 N–H and O–H groups in total. The van der Waals surface area contributed by atoms with Crippen molar-refractivity contribution in [3.8, 4) is 0 Å². The van der Waals surface area contributed by atoms with E-state index in [1.807, 2.05) is 0 Å². The predicted octanol–water partition coefficient (Wildman–Crippen LogP) is 3.05. The fraction of sp³-hybridized carbons (Fsp3) is 0.933. The molecule has 2 aliphatic carbocycles. The molecule has 0 amide bonds. The van der Waals surface area contributed by atoms with Gasteiger partial charge in [-0.25, -0.2) is 0 Å². The quantitative estimate of drug-likeness (QED) is 0.705. The smallest absolute Gasteiger partial charge is 0.306 e. The Morgan fingerprint density at radius 2 is 1.89 bits per heavy atom. The maximum absolute atomic E-state index is 12.5. The highest BCUT2D eigenvalue weighted by Gasteiger charge is 2.46. The molecule has 2 rings (SSSR count). The summed E-state index contributed by atoms with van der Waals surface area (Å²) in [6, 6.07) is 0. The summed E-state index contributed by atoms with van der Waals surface area (Å²) >= 11 is 0. The molecule has 2 aliphatic rings. The largest absolute Gasteiger partial charge is 0.469 e. The fourth-order valence-corrected chi connectivity index (χ4v) is 5.18. The van der Waals surface area contributed by atoms with Gasteiger partial charge in [-0.1, -0.05) is 13.3 Å². The molecule has 110 valence electrons. The fourth-order valence-electron chi connectivity index (χ4n) is 3.15. The van der Waals surface area contributed by atoms with Crippen LogP contribution in [0.15, 0.2) is 0 Å². The van der Waals surface area contributed by atoms with E-state index in [4.69, 9.17) is 4.74 Å². The third-order valence-electron chi connectivity index (χ3n) is 4.90. The predicted molar refractivity (Wildman–Crippen MR) is 77.3 cm³/mol. The lowest BCUT2D eigenvalue weighted by Crippen LogP contribution is -2.28. The minimum Gasteiger partial charge on any atom is -0.469 e. The Hall–Kier alpha value is -0.380. The summed E-state index contributed by atoms with van der Waals surface area (Å²) < 4.78 is 17.2. The topological polar surface area (TPSA) is 43.4 Å². The molecular weight excluding hydrogens is 260 g/mol. The van der Waals surface area contributed by atoms with Gasteiger partial charge in [0.2, 0.25) is 0 Å². The molecule has 19 heavy (non-hydrogen) atoms. The van der Waals surface area contributed by atoms with Crippen molar-refractivity contribution in [1.82, 2.24) is 0 Å². The van der Waals surface area contributed by atoms with Crippen LogP contribution in [0.2, 0.25) is 0 Å². The molecule has 0 radical (unpaired) electrons. The third-order valence-corrected chi connectivity index (χ3v) is 7.01. The van der Waals surface area contributed by atoms with Gasteiger partial charge in [0.25, 0.3) is 0 Å². The summed E-state index contributed by atoms with van der Waals surface area (Å²) in [6.07, 6.45) is 8.48. The van der Waals surface area contributed by atoms with E-state index >= 15 is 0 Å². The van der Waals surface area contributed by atoms with Gasteiger partial charge in [-0.2, -0.15) is 0 Å². The van der Waals surface area contributed by atoms with Crippen LogP contribution in [0, 0.1) is 11.3 Å². The van der Waals surface area contributed by atoms with Crippen molar-refractivity contribution in [3.63, 3.8) is 0 Å². The molecule has 0 heterocycles. The van der Waals surface area contributed by atoms with Gasteiger partial charge >= 0.3 is 5.97 Å². The van der Waals surface area contributed by atoms with Crippen LogP contribution in [-0.4, -0.2) is 28.3 Å². The van der Waals surface area contributed by atoms with Gasteiger partial charge in [0.15, 0.2) is 0 Å². The molecule has 0 aliphatic heterocycles. The highest BCUT2D eigenvalue weighted by molar-refractivity contribution is 7.85. The SMILES string of the molecule is CCC1CCC(S(=O)CC2(CC(=O)OC)CC2)CC1. The number of hydrogen-bond acceptors (Lipinski definition) is 3.